The minimum absolute atomic E-state index is 0.152. The van der Waals surface area contributed by atoms with Crippen molar-refractivity contribution in [2.45, 2.75) is 12.1 Å². The second-order valence-corrected chi connectivity index (χ2v) is 5.75. The van der Waals surface area contributed by atoms with Gasteiger partial charge in [0.1, 0.15) is 6.33 Å². The molecule has 0 aliphatic rings. The smallest absolute Gasteiger partial charge is 0.254 e. The Bertz CT molecular complexity index is 810. The summed E-state index contributed by atoms with van der Waals surface area (Å²) in [6, 6.07) is 1.80. The Morgan fingerprint density at radius 3 is 3.09 bits per heavy atom. The summed E-state index contributed by atoms with van der Waals surface area (Å²) in [5, 5.41) is 15.6. The van der Waals surface area contributed by atoms with Gasteiger partial charge < -0.3 is 9.88 Å². The van der Waals surface area contributed by atoms with Crippen LogP contribution in [0.4, 0.5) is 0 Å². The Morgan fingerprint density at radius 1 is 1.45 bits per heavy atom. The molecule has 0 saturated carbocycles. The normalized spacial score (nSPS) is 11.0. The molecule has 0 atom stereocenters. The molecule has 22 heavy (non-hydrogen) atoms. The number of fused-ring (bicyclic) bond motifs is 1. The van der Waals surface area contributed by atoms with E-state index in [-0.39, 0.29) is 5.91 Å². The minimum Gasteiger partial charge on any atom is -0.351 e. The summed E-state index contributed by atoms with van der Waals surface area (Å²) in [4.78, 5) is 16.4. The molecular weight excluding hydrogens is 302 g/mol. The first-order valence-corrected chi connectivity index (χ1v) is 7.69. The van der Waals surface area contributed by atoms with Crippen LogP contribution in [0.25, 0.3) is 5.65 Å². The lowest BCUT2D eigenvalue weighted by molar-refractivity contribution is 0.0954. The molecule has 3 rings (SSSR count). The molecule has 1 N–H and O–H groups in total. The summed E-state index contributed by atoms with van der Waals surface area (Å²) in [5.41, 5.74) is 2.03. The quantitative estimate of drug-likeness (QED) is 0.550. The van der Waals surface area contributed by atoms with Gasteiger partial charge in [0.05, 0.1) is 17.5 Å². The molecule has 0 aromatic carbocycles. The van der Waals surface area contributed by atoms with Crippen molar-refractivity contribution in [3.63, 3.8) is 0 Å². The average molecular weight is 317 g/mol. The van der Waals surface area contributed by atoms with Crippen molar-refractivity contribution in [2.24, 2.45) is 7.05 Å². The Kier molecular flexibility index (Phi) is 4.05. The summed E-state index contributed by atoms with van der Waals surface area (Å²) in [6.45, 7) is 2.39. The maximum atomic E-state index is 12.2. The molecule has 3 aromatic heterocycles. The third kappa shape index (κ3) is 2.80. The molecule has 3 aromatic rings. The number of thioether (sulfide) groups is 1. The van der Waals surface area contributed by atoms with Gasteiger partial charge in [-0.1, -0.05) is 11.8 Å². The van der Waals surface area contributed by atoms with Crippen LogP contribution in [-0.2, 0) is 7.05 Å². The van der Waals surface area contributed by atoms with Crippen LogP contribution in [0.5, 0.6) is 0 Å². The van der Waals surface area contributed by atoms with Crippen molar-refractivity contribution in [3.8, 4) is 0 Å². The zero-order valence-electron chi connectivity index (χ0n) is 12.2. The van der Waals surface area contributed by atoms with Crippen LogP contribution >= 0.6 is 11.8 Å². The zero-order valence-corrected chi connectivity index (χ0v) is 13.0. The number of hydrogen-bond acceptors (Lipinski definition) is 6. The Morgan fingerprint density at radius 2 is 2.32 bits per heavy atom. The molecule has 9 heteroatoms. The van der Waals surface area contributed by atoms with Gasteiger partial charge >= 0.3 is 0 Å². The number of aryl methyl sites for hydroxylation is 2. The maximum Gasteiger partial charge on any atom is 0.254 e. The highest BCUT2D eigenvalue weighted by atomic mass is 32.2. The van der Waals surface area contributed by atoms with Crippen molar-refractivity contribution in [2.75, 3.05) is 12.3 Å². The number of nitrogens with one attached hydrogen (secondary N) is 1. The number of nitrogens with zero attached hydrogens (tertiary/aromatic N) is 6. The van der Waals surface area contributed by atoms with Crippen LogP contribution in [0.15, 0.2) is 29.9 Å². The van der Waals surface area contributed by atoms with Crippen LogP contribution in [0, 0.1) is 6.92 Å². The van der Waals surface area contributed by atoms with Crippen molar-refractivity contribution < 1.29 is 4.79 Å². The van der Waals surface area contributed by atoms with E-state index in [0.717, 1.165) is 22.3 Å². The predicted octanol–water partition coefficient (Wildman–Crippen LogP) is 0.688. The zero-order chi connectivity index (χ0) is 15.5. The number of carbonyl (C=O) groups excluding carboxylic acids is 1. The van der Waals surface area contributed by atoms with Crippen LogP contribution in [0.1, 0.15) is 16.1 Å². The highest BCUT2D eigenvalue weighted by Crippen LogP contribution is 2.12. The van der Waals surface area contributed by atoms with E-state index in [9.17, 15) is 4.79 Å². The highest BCUT2D eigenvalue weighted by Gasteiger charge is 2.12. The Balaban J connectivity index is 1.59. The molecule has 0 radical (unpaired) electrons. The monoisotopic (exact) mass is 317 g/mol. The summed E-state index contributed by atoms with van der Waals surface area (Å²) >= 11 is 1.54. The van der Waals surface area contributed by atoms with Gasteiger partial charge in [-0.3, -0.25) is 4.79 Å². The third-order valence-electron chi connectivity index (χ3n) is 3.19. The molecule has 0 aliphatic heterocycles. The van der Waals surface area contributed by atoms with E-state index in [1.54, 1.807) is 41.1 Å². The van der Waals surface area contributed by atoms with Gasteiger partial charge in [-0.15, -0.1) is 10.2 Å². The summed E-state index contributed by atoms with van der Waals surface area (Å²) in [6.07, 6.45) is 4.89. The van der Waals surface area contributed by atoms with Crippen LogP contribution in [0.3, 0.4) is 0 Å². The molecule has 0 bridgehead atoms. The van der Waals surface area contributed by atoms with E-state index in [1.165, 1.54) is 0 Å². The second kappa shape index (κ2) is 6.14. The SMILES string of the molecule is Cc1c(C(=O)NCCSc2nncn2C)cnc2ccnn12. The highest BCUT2D eigenvalue weighted by molar-refractivity contribution is 7.99. The summed E-state index contributed by atoms with van der Waals surface area (Å²) in [7, 11) is 1.88. The van der Waals surface area contributed by atoms with Crippen molar-refractivity contribution in [1.82, 2.24) is 34.7 Å². The van der Waals surface area contributed by atoms with E-state index in [2.05, 4.69) is 25.6 Å². The molecule has 0 saturated heterocycles. The molecular formula is C13H15N7OS. The van der Waals surface area contributed by atoms with E-state index < -0.39 is 0 Å². The van der Waals surface area contributed by atoms with Crippen LogP contribution in [0.2, 0.25) is 0 Å². The first kappa shape index (κ1) is 14.5. The Hall–Kier alpha value is -2.42. The number of hydrogen-bond donors (Lipinski definition) is 1. The van der Waals surface area contributed by atoms with Gasteiger partial charge in [0, 0.05) is 31.6 Å². The van der Waals surface area contributed by atoms with Crippen molar-refractivity contribution >= 4 is 23.3 Å². The summed E-state index contributed by atoms with van der Waals surface area (Å²) < 4.78 is 3.50. The molecule has 0 aliphatic carbocycles. The maximum absolute atomic E-state index is 12.2. The molecule has 0 spiro atoms. The van der Waals surface area contributed by atoms with Crippen molar-refractivity contribution in [1.29, 1.82) is 0 Å². The lowest BCUT2D eigenvalue weighted by Gasteiger charge is -2.08. The first-order valence-electron chi connectivity index (χ1n) is 6.71. The topological polar surface area (TPSA) is 90.0 Å². The molecule has 8 nitrogen and oxygen atoms in total. The lowest BCUT2D eigenvalue weighted by atomic mass is 10.2. The second-order valence-electron chi connectivity index (χ2n) is 4.69. The van der Waals surface area contributed by atoms with Gasteiger partial charge in [-0.2, -0.15) is 5.10 Å². The number of rotatable bonds is 5. The fourth-order valence-corrected chi connectivity index (χ4v) is 2.76. The number of amides is 1. The van der Waals surface area contributed by atoms with E-state index in [0.29, 0.717) is 12.1 Å². The molecule has 1 amide bonds. The van der Waals surface area contributed by atoms with E-state index in [4.69, 9.17) is 0 Å². The van der Waals surface area contributed by atoms with Gasteiger partial charge in [-0.25, -0.2) is 9.50 Å². The van der Waals surface area contributed by atoms with Crippen LogP contribution < -0.4 is 5.32 Å². The average Bonchev–Trinajstić information content (AvgIpc) is 3.13. The van der Waals surface area contributed by atoms with Crippen molar-refractivity contribution in [3.05, 3.63) is 36.0 Å². The number of carbonyl (C=O) groups is 1. The third-order valence-corrected chi connectivity index (χ3v) is 4.23. The fraction of sp³-hybridized carbons (Fsp3) is 0.308. The predicted molar refractivity (Wildman–Crippen MR) is 81.8 cm³/mol. The standard InChI is InChI=1S/C13H15N7OS/c1-9-10(7-15-11-3-4-17-20(9)11)12(21)14-5-6-22-13-18-16-8-19(13)2/h3-4,7-8H,5-6H2,1-2H3,(H,14,21). The number of aromatic nitrogens is 6. The molecule has 3 heterocycles. The van der Waals surface area contributed by atoms with Gasteiger partial charge in [0.15, 0.2) is 10.8 Å². The van der Waals surface area contributed by atoms with Gasteiger partial charge in [0.25, 0.3) is 5.91 Å². The van der Waals surface area contributed by atoms with E-state index >= 15 is 0 Å². The fourth-order valence-electron chi connectivity index (χ4n) is 2.02. The van der Waals surface area contributed by atoms with E-state index in [1.807, 2.05) is 18.5 Å². The van der Waals surface area contributed by atoms with Gasteiger partial charge in [0.2, 0.25) is 0 Å². The molecule has 114 valence electrons. The Labute approximate surface area is 131 Å². The summed E-state index contributed by atoms with van der Waals surface area (Å²) in [5.74, 6) is 0.565. The molecule has 0 unspecified atom stereocenters. The largest absolute Gasteiger partial charge is 0.351 e. The van der Waals surface area contributed by atoms with Crippen LogP contribution in [-0.4, -0.2) is 47.6 Å². The molecule has 0 fully saturated rings. The first-order chi connectivity index (χ1) is 10.7. The van der Waals surface area contributed by atoms with Gasteiger partial charge in [-0.05, 0) is 6.92 Å². The minimum atomic E-state index is -0.152. The lowest BCUT2D eigenvalue weighted by Crippen LogP contribution is -2.27.